The zero-order valence-corrected chi connectivity index (χ0v) is 8.88. The summed E-state index contributed by atoms with van der Waals surface area (Å²) in [7, 11) is 1.48. The maximum Gasteiger partial charge on any atom is 0.389 e. The molecule has 0 amide bonds. The van der Waals surface area contributed by atoms with Gasteiger partial charge in [-0.2, -0.15) is 13.2 Å². The Bertz CT molecular complexity index is 323. The fourth-order valence-corrected chi connectivity index (χ4v) is 1.19. The van der Waals surface area contributed by atoms with E-state index >= 15 is 0 Å². The molecule has 0 N–H and O–H groups in total. The second kappa shape index (κ2) is 5.63. The number of methoxy groups -OCH3 is 1. The van der Waals surface area contributed by atoms with Gasteiger partial charge >= 0.3 is 6.18 Å². The smallest absolute Gasteiger partial charge is 0.389 e. The van der Waals surface area contributed by atoms with Crippen molar-refractivity contribution in [3.63, 3.8) is 0 Å². The van der Waals surface area contributed by atoms with Gasteiger partial charge in [0.1, 0.15) is 0 Å². The quantitative estimate of drug-likeness (QED) is 0.727. The van der Waals surface area contributed by atoms with Crippen LogP contribution in [0.2, 0.25) is 0 Å². The van der Waals surface area contributed by atoms with Gasteiger partial charge in [-0.15, -0.1) is 0 Å². The summed E-state index contributed by atoms with van der Waals surface area (Å²) in [4.78, 5) is 0. The molecular formula is C11H13F3O2. The number of benzene rings is 1. The molecule has 0 saturated carbocycles. The molecule has 2 nitrogen and oxygen atoms in total. The summed E-state index contributed by atoms with van der Waals surface area (Å²) in [5.41, 5.74) is 0. The maximum absolute atomic E-state index is 11.8. The van der Waals surface area contributed by atoms with Crippen molar-refractivity contribution in [2.45, 2.75) is 19.0 Å². The molecule has 5 heteroatoms. The van der Waals surface area contributed by atoms with Crippen LogP contribution in [0.3, 0.4) is 0 Å². The lowest BCUT2D eigenvalue weighted by atomic mass is 10.3. The normalized spacial score (nSPS) is 11.2. The number of rotatable bonds is 5. The Morgan fingerprint density at radius 3 is 2.31 bits per heavy atom. The minimum atomic E-state index is -4.12. The average molecular weight is 234 g/mol. The first kappa shape index (κ1) is 12.7. The van der Waals surface area contributed by atoms with E-state index in [0.717, 1.165) is 0 Å². The Morgan fingerprint density at radius 2 is 1.75 bits per heavy atom. The van der Waals surface area contributed by atoms with Crippen LogP contribution >= 0.6 is 0 Å². The highest BCUT2D eigenvalue weighted by atomic mass is 19.4. The van der Waals surface area contributed by atoms with Gasteiger partial charge in [0, 0.05) is 6.42 Å². The van der Waals surface area contributed by atoms with E-state index in [1.807, 2.05) is 0 Å². The Kier molecular flexibility index (Phi) is 4.46. The fourth-order valence-electron chi connectivity index (χ4n) is 1.19. The summed E-state index contributed by atoms with van der Waals surface area (Å²) in [5, 5.41) is 0. The molecule has 0 spiro atoms. The maximum atomic E-state index is 11.8. The molecule has 0 bridgehead atoms. The van der Waals surface area contributed by atoms with Gasteiger partial charge < -0.3 is 9.47 Å². The third-order valence-electron chi connectivity index (χ3n) is 1.93. The van der Waals surface area contributed by atoms with Gasteiger partial charge in [-0.3, -0.25) is 0 Å². The molecule has 0 unspecified atom stereocenters. The van der Waals surface area contributed by atoms with Gasteiger partial charge in [-0.1, -0.05) is 12.1 Å². The molecule has 0 aliphatic rings. The number of ether oxygens (including phenoxy) is 2. The molecule has 16 heavy (non-hydrogen) atoms. The van der Waals surface area contributed by atoms with Crippen molar-refractivity contribution < 1.29 is 22.6 Å². The first-order valence-electron chi connectivity index (χ1n) is 4.85. The van der Waals surface area contributed by atoms with E-state index in [9.17, 15) is 13.2 Å². The molecule has 90 valence electrons. The van der Waals surface area contributed by atoms with Crippen LogP contribution in [0, 0.1) is 0 Å². The molecule has 0 aromatic heterocycles. The minimum absolute atomic E-state index is 0.0277. The monoisotopic (exact) mass is 234 g/mol. The van der Waals surface area contributed by atoms with Gasteiger partial charge in [-0.25, -0.2) is 0 Å². The molecule has 0 fully saturated rings. The Morgan fingerprint density at radius 1 is 1.12 bits per heavy atom. The van der Waals surface area contributed by atoms with Gasteiger partial charge in [0.2, 0.25) is 0 Å². The second-order valence-corrected chi connectivity index (χ2v) is 3.22. The molecular weight excluding hydrogens is 221 g/mol. The van der Waals surface area contributed by atoms with Crippen LogP contribution in [0.15, 0.2) is 24.3 Å². The SMILES string of the molecule is COc1ccccc1OCCCC(F)(F)F. The molecule has 0 saturated heterocycles. The van der Waals surface area contributed by atoms with Crippen LogP contribution in [0.25, 0.3) is 0 Å². The summed E-state index contributed by atoms with van der Waals surface area (Å²) < 4.78 is 45.7. The minimum Gasteiger partial charge on any atom is -0.493 e. The standard InChI is InChI=1S/C11H13F3O2/c1-15-9-5-2-3-6-10(9)16-8-4-7-11(12,13)14/h2-3,5-6H,4,7-8H2,1H3. The fraction of sp³-hybridized carbons (Fsp3) is 0.455. The van der Waals surface area contributed by atoms with Crippen LogP contribution in [0.1, 0.15) is 12.8 Å². The zero-order chi connectivity index (χ0) is 12.0. The number of hydrogen-bond donors (Lipinski definition) is 0. The second-order valence-electron chi connectivity index (χ2n) is 3.22. The van der Waals surface area contributed by atoms with E-state index in [-0.39, 0.29) is 13.0 Å². The third-order valence-corrected chi connectivity index (χ3v) is 1.93. The Labute approximate surface area is 92.0 Å². The summed E-state index contributed by atoms with van der Waals surface area (Å²) in [5.74, 6) is 0.988. The molecule has 1 aromatic carbocycles. The molecule has 1 rings (SSSR count). The van der Waals surface area contributed by atoms with Gasteiger partial charge in [0.05, 0.1) is 13.7 Å². The van der Waals surface area contributed by atoms with Crippen molar-refractivity contribution >= 4 is 0 Å². The summed E-state index contributed by atoms with van der Waals surface area (Å²) in [6.07, 6.45) is -5.01. The van der Waals surface area contributed by atoms with E-state index in [4.69, 9.17) is 9.47 Å². The number of hydrogen-bond acceptors (Lipinski definition) is 2. The van der Waals surface area contributed by atoms with Crippen molar-refractivity contribution in [2.24, 2.45) is 0 Å². The molecule has 0 atom stereocenters. The first-order valence-corrected chi connectivity index (χ1v) is 4.85. The summed E-state index contributed by atoms with van der Waals surface area (Å²) in [6, 6.07) is 6.86. The number of para-hydroxylation sites is 2. The highest BCUT2D eigenvalue weighted by Gasteiger charge is 2.26. The van der Waals surface area contributed by atoms with Gasteiger partial charge in [0.15, 0.2) is 11.5 Å². The molecule has 1 aromatic rings. The number of halogens is 3. The van der Waals surface area contributed by atoms with Crippen LogP contribution in [-0.4, -0.2) is 19.9 Å². The highest BCUT2D eigenvalue weighted by Crippen LogP contribution is 2.26. The molecule has 0 aliphatic heterocycles. The predicted molar refractivity (Wildman–Crippen MR) is 53.8 cm³/mol. The highest BCUT2D eigenvalue weighted by molar-refractivity contribution is 5.39. The summed E-state index contributed by atoms with van der Waals surface area (Å²) >= 11 is 0. The molecule has 0 heterocycles. The van der Waals surface area contributed by atoms with E-state index in [1.165, 1.54) is 7.11 Å². The lowest BCUT2D eigenvalue weighted by Gasteiger charge is -2.10. The van der Waals surface area contributed by atoms with Crippen molar-refractivity contribution in [2.75, 3.05) is 13.7 Å². The van der Waals surface area contributed by atoms with Gasteiger partial charge in [-0.05, 0) is 18.6 Å². The van der Waals surface area contributed by atoms with Crippen LogP contribution in [0.5, 0.6) is 11.5 Å². The van der Waals surface area contributed by atoms with Crippen molar-refractivity contribution in [1.82, 2.24) is 0 Å². The van der Waals surface area contributed by atoms with E-state index in [0.29, 0.717) is 11.5 Å². The average Bonchev–Trinajstić information content (AvgIpc) is 2.23. The van der Waals surface area contributed by atoms with Crippen LogP contribution < -0.4 is 9.47 Å². The topological polar surface area (TPSA) is 18.5 Å². The van der Waals surface area contributed by atoms with E-state index in [2.05, 4.69) is 0 Å². The van der Waals surface area contributed by atoms with E-state index in [1.54, 1.807) is 24.3 Å². The summed E-state index contributed by atoms with van der Waals surface area (Å²) in [6.45, 7) is 0.0277. The van der Waals surface area contributed by atoms with Gasteiger partial charge in [0.25, 0.3) is 0 Å². The lowest BCUT2D eigenvalue weighted by Crippen LogP contribution is -2.09. The zero-order valence-electron chi connectivity index (χ0n) is 8.88. The molecule has 0 radical (unpaired) electrons. The van der Waals surface area contributed by atoms with E-state index < -0.39 is 12.6 Å². The van der Waals surface area contributed by atoms with Crippen molar-refractivity contribution in [3.8, 4) is 11.5 Å². The van der Waals surface area contributed by atoms with Crippen LogP contribution in [-0.2, 0) is 0 Å². The largest absolute Gasteiger partial charge is 0.493 e. The lowest BCUT2D eigenvalue weighted by molar-refractivity contribution is -0.136. The third kappa shape index (κ3) is 4.42. The first-order chi connectivity index (χ1) is 7.53. The Hall–Kier alpha value is -1.39. The Balaban J connectivity index is 2.37. The molecule has 0 aliphatic carbocycles. The number of alkyl halides is 3. The van der Waals surface area contributed by atoms with Crippen molar-refractivity contribution in [1.29, 1.82) is 0 Å². The predicted octanol–water partition coefficient (Wildman–Crippen LogP) is 3.42. The van der Waals surface area contributed by atoms with Crippen molar-refractivity contribution in [3.05, 3.63) is 24.3 Å². The van der Waals surface area contributed by atoms with Crippen LogP contribution in [0.4, 0.5) is 13.2 Å².